The molecule has 0 aliphatic carbocycles. The van der Waals surface area contributed by atoms with E-state index in [-0.39, 0.29) is 16.5 Å². The molecule has 4 rings (SSSR count). The van der Waals surface area contributed by atoms with Crippen molar-refractivity contribution in [1.82, 2.24) is 15.0 Å². The Morgan fingerprint density at radius 2 is 2.15 bits per heavy atom. The van der Waals surface area contributed by atoms with Crippen molar-refractivity contribution in [2.75, 3.05) is 18.0 Å². The number of pyridine rings is 3. The van der Waals surface area contributed by atoms with Gasteiger partial charge in [-0.2, -0.15) is 0 Å². The van der Waals surface area contributed by atoms with Crippen LogP contribution in [0.3, 0.4) is 0 Å². The third kappa shape index (κ3) is 3.42. The zero-order valence-electron chi connectivity index (χ0n) is 14.8. The smallest absolute Gasteiger partial charge is 0.297 e. The van der Waals surface area contributed by atoms with Gasteiger partial charge < -0.3 is 4.90 Å². The third-order valence-corrected chi connectivity index (χ3v) is 5.09. The molecule has 3 aromatic heterocycles. The third-order valence-electron chi connectivity index (χ3n) is 4.88. The number of nitrogens with zero attached hydrogens (tertiary/aromatic N) is 5. The molecule has 27 heavy (non-hydrogen) atoms. The fraction of sp³-hybridized carbons (Fsp3) is 0.316. The molecule has 0 spiro atoms. The molecule has 0 bridgehead atoms. The summed E-state index contributed by atoms with van der Waals surface area (Å²) < 4.78 is 0. The highest BCUT2D eigenvalue weighted by atomic mass is 35.5. The second-order valence-corrected chi connectivity index (χ2v) is 7.26. The van der Waals surface area contributed by atoms with E-state index in [0.29, 0.717) is 11.6 Å². The molecule has 0 aromatic carbocycles. The molecule has 0 saturated carbocycles. The Bertz CT molecular complexity index is 1030. The monoisotopic (exact) mass is 383 g/mol. The number of fused-ring (bicyclic) bond motifs is 1. The lowest BCUT2D eigenvalue weighted by molar-refractivity contribution is -0.384. The molecule has 1 atom stereocenters. The van der Waals surface area contributed by atoms with E-state index >= 15 is 0 Å². The highest BCUT2D eigenvalue weighted by Crippen LogP contribution is 2.33. The van der Waals surface area contributed by atoms with Crippen LogP contribution in [0.4, 0.5) is 11.4 Å². The Balaban J connectivity index is 1.86. The van der Waals surface area contributed by atoms with E-state index in [1.807, 2.05) is 12.1 Å². The average molecular weight is 384 g/mol. The summed E-state index contributed by atoms with van der Waals surface area (Å²) in [5, 5.41) is 12.5. The summed E-state index contributed by atoms with van der Waals surface area (Å²) in [6, 6.07) is 6.58. The quantitative estimate of drug-likeness (QED) is 0.376. The second-order valence-electron chi connectivity index (χ2n) is 6.87. The van der Waals surface area contributed by atoms with Gasteiger partial charge >= 0.3 is 0 Å². The van der Waals surface area contributed by atoms with E-state index in [9.17, 15) is 10.1 Å². The van der Waals surface area contributed by atoms with Crippen molar-refractivity contribution in [3.05, 3.63) is 51.9 Å². The van der Waals surface area contributed by atoms with Gasteiger partial charge in [0.15, 0.2) is 5.69 Å². The molecule has 0 radical (unpaired) electrons. The van der Waals surface area contributed by atoms with E-state index in [1.54, 1.807) is 12.4 Å². The lowest BCUT2D eigenvalue weighted by atomic mass is 9.99. The molecule has 1 unspecified atom stereocenters. The highest BCUT2D eigenvalue weighted by Gasteiger charge is 2.22. The van der Waals surface area contributed by atoms with Gasteiger partial charge in [0.1, 0.15) is 5.15 Å². The van der Waals surface area contributed by atoms with Gasteiger partial charge in [-0.15, -0.1) is 0 Å². The highest BCUT2D eigenvalue weighted by molar-refractivity contribution is 6.29. The Kier molecular flexibility index (Phi) is 4.61. The van der Waals surface area contributed by atoms with Gasteiger partial charge in [0, 0.05) is 36.4 Å². The maximum absolute atomic E-state index is 11.4. The lowest BCUT2D eigenvalue weighted by Gasteiger charge is -2.33. The van der Waals surface area contributed by atoms with Gasteiger partial charge in [0.05, 0.1) is 22.3 Å². The van der Waals surface area contributed by atoms with Crippen LogP contribution in [0.25, 0.3) is 22.3 Å². The van der Waals surface area contributed by atoms with Crippen molar-refractivity contribution in [3.63, 3.8) is 0 Å². The first-order chi connectivity index (χ1) is 13.0. The minimum atomic E-state index is -0.471. The molecule has 0 N–H and O–H groups in total. The first-order valence-corrected chi connectivity index (χ1v) is 9.22. The summed E-state index contributed by atoms with van der Waals surface area (Å²) in [7, 11) is 0. The molecular formula is C19H18ClN5O2. The predicted octanol–water partition coefficient (Wildman–Crippen LogP) is 4.49. The molecule has 1 aliphatic heterocycles. The van der Waals surface area contributed by atoms with Gasteiger partial charge in [-0.1, -0.05) is 18.5 Å². The molecule has 1 saturated heterocycles. The van der Waals surface area contributed by atoms with Crippen LogP contribution in [0.1, 0.15) is 19.8 Å². The molecule has 3 aromatic rings. The minimum Gasteiger partial charge on any atom is -0.371 e. The fourth-order valence-corrected chi connectivity index (χ4v) is 3.76. The van der Waals surface area contributed by atoms with Crippen molar-refractivity contribution >= 4 is 33.9 Å². The zero-order valence-corrected chi connectivity index (χ0v) is 15.6. The average Bonchev–Trinajstić information content (AvgIpc) is 2.66. The molecule has 4 heterocycles. The van der Waals surface area contributed by atoms with Crippen LogP contribution in [-0.4, -0.2) is 33.0 Å². The molecule has 1 aliphatic rings. The van der Waals surface area contributed by atoms with Crippen LogP contribution < -0.4 is 4.90 Å². The largest absolute Gasteiger partial charge is 0.371 e. The molecule has 7 nitrogen and oxygen atoms in total. The summed E-state index contributed by atoms with van der Waals surface area (Å²) in [5.74, 6) is 0.624. The SMILES string of the molecule is CC1CCCN(c2ccnc3cnc(-c4nc(Cl)ccc4[N+](=O)[O-])cc23)C1. The van der Waals surface area contributed by atoms with E-state index in [1.165, 1.54) is 18.6 Å². The normalized spacial score (nSPS) is 17.3. The summed E-state index contributed by atoms with van der Waals surface area (Å²) in [6.07, 6.45) is 5.78. The lowest BCUT2D eigenvalue weighted by Crippen LogP contribution is -2.34. The van der Waals surface area contributed by atoms with Crippen molar-refractivity contribution in [2.45, 2.75) is 19.8 Å². The van der Waals surface area contributed by atoms with Gasteiger partial charge in [0.25, 0.3) is 5.69 Å². The topological polar surface area (TPSA) is 85.0 Å². The van der Waals surface area contributed by atoms with E-state index in [2.05, 4.69) is 26.8 Å². The van der Waals surface area contributed by atoms with Crippen molar-refractivity contribution in [1.29, 1.82) is 0 Å². The second kappa shape index (κ2) is 7.08. The van der Waals surface area contributed by atoms with Crippen LogP contribution in [0.5, 0.6) is 0 Å². The van der Waals surface area contributed by atoms with Crippen LogP contribution in [0, 0.1) is 16.0 Å². The maximum atomic E-state index is 11.4. The molecule has 138 valence electrons. The fourth-order valence-electron chi connectivity index (χ4n) is 3.61. The van der Waals surface area contributed by atoms with Crippen molar-refractivity contribution < 1.29 is 4.92 Å². The number of hydrogen-bond donors (Lipinski definition) is 0. The molecule has 8 heteroatoms. The number of anilines is 1. The van der Waals surface area contributed by atoms with Crippen molar-refractivity contribution in [3.8, 4) is 11.4 Å². The summed E-state index contributed by atoms with van der Waals surface area (Å²) in [4.78, 5) is 26.2. The Morgan fingerprint density at radius 3 is 2.93 bits per heavy atom. The van der Waals surface area contributed by atoms with Gasteiger partial charge in [-0.25, -0.2) is 4.98 Å². The maximum Gasteiger partial charge on any atom is 0.297 e. The standard InChI is InChI=1S/C19H18ClN5O2/c1-12-3-2-8-24(11-12)16-6-7-21-15-10-22-14(9-13(15)16)19-17(25(26)27)4-5-18(20)23-19/h4-7,9-10,12H,2-3,8,11H2,1H3. The first-order valence-electron chi connectivity index (χ1n) is 8.84. The number of hydrogen-bond acceptors (Lipinski definition) is 6. The van der Waals surface area contributed by atoms with Crippen molar-refractivity contribution in [2.24, 2.45) is 5.92 Å². The molecule has 0 amide bonds. The van der Waals surface area contributed by atoms with Crippen LogP contribution in [0.15, 0.2) is 36.7 Å². The summed E-state index contributed by atoms with van der Waals surface area (Å²) in [5.41, 5.74) is 2.27. The number of piperidine rings is 1. The van der Waals surface area contributed by atoms with E-state index in [4.69, 9.17) is 11.6 Å². The Hall–Kier alpha value is -2.80. The first kappa shape index (κ1) is 17.6. The number of halogens is 1. The summed E-state index contributed by atoms with van der Waals surface area (Å²) >= 11 is 5.98. The number of nitro groups is 1. The Morgan fingerprint density at radius 1 is 1.30 bits per heavy atom. The van der Waals surface area contributed by atoms with Crippen LogP contribution in [-0.2, 0) is 0 Å². The zero-order chi connectivity index (χ0) is 19.0. The van der Waals surface area contributed by atoms with Crippen LogP contribution >= 0.6 is 11.6 Å². The molecule has 1 fully saturated rings. The van der Waals surface area contributed by atoms with E-state index in [0.717, 1.165) is 36.1 Å². The van der Waals surface area contributed by atoms with Crippen LogP contribution in [0.2, 0.25) is 5.15 Å². The predicted molar refractivity (Wildman–Crippen MR) is 105 cm³/mol. The minimum absolute atomic E-state index is 0.122. The van der Waals surface area contributed by atoms with Gasteiger partial charge in [-0.05, 0) is 37.0 Å². The number of aromatic nitrogens is 3. The summed E-state index contributed by atoms with van der Waals surface area (Å²) in [6.45, 7) is 4.21. The Labute approximate surface area is 161 Å². The molecular weight excluding hydrogens is 366 g/mol. The number of rotatable bonds is 3. The van der Waals surface area contributed by atoms with E-state index < -0.39 is 4.92 Å². The van der Waals surface area contributed by atoms with Gasteiger partial charge in [0.2, 0.25) is 0 Å². The van der Waals surface area contributed by atoms with Gasteiger partial charge in [-0.3, -0.25) is 20.1 Å².